The van der Waals surface area contributed by atoms with Crippen molar-refractivity contribution in [1.29, 1.82) is 0 Å². The van der Waals surface area contributed by atoms with E-state index in [1.54, 1.807) is 19.1 Å². The monoisotopic (exact) mass is 456 g/mol. The van der Waals surface area contributed by atoms with E-state index < -0.39 is 30.6 Å². The summed E-state index contributed by atoms with van der Waals surface area (Å²) >= 11 is 1.47. The van der Waals surface area contributed by atoms with Crippen molar-refractivity contribution in [2.75, 3.05) is 23.8 Å². The van der Waals surface area contributed by atoms with Gasteiger partial charge in [-0.1, -0.05) is 42.0 Å². The van der Waals surface area contributed by atoms with Crippen molar-refractivity contribution in [3.05, 3.63) is 59.7 Å². The van der Waals surface area contributed by atoms with Gasteiger partial charge in [0.15, 0.2) is 0 Å². The summed E-state index contributed by atoms with van der Waals surface area (Å²) in [5, 5.41) is 12.5. The van der Waals surface area contributed by atoms with Gasteiger partial charge in [0.25, 0.3) is 0 Å². The van der Waals surface area contributed by atoms with Gasteiger partial charge in [0.2, 0.25) is 5.91 Å². The molecule has 1 aliphatic heterocycles. The highest BCUT2D eigenvalue weighted by molar-refractivity contribution is 7.99. The third-order valence-electron chi connectivity index (χ3n) is 5.23. The number of carbonyl (C=O) groups excluding carboxylic acids is 2. The minimum atomic E-state index is -1.10. The molecule has 0 aliphatic carbocycles. The molecule has 2 aromatic carbocycles. The zero-order chi connectivity index (χ0) is 23.1. The lowest BCUT2D eigenvalue weighted by molar-refractivity contribution is -0.146. The maximum Gasteiger partial charge on any atom is 0.323 e. The van der Waals surface area contributed by atoms with Crippen molar-refractivity contribution >= 4 is 35.3 Å². The molecular formula is C24H28N2O5S. The number of nitrogens with zero attached hydrogens (tertiary/aromatic N) is 1. The highest BCUT2D eigenvalue weighted by atomic mass is 32.2. The number of rotatable bonds is 9. The summed E-state index contributed by atoms with van der Waals surface area (Å²) in [5.74, 6) is -1.49. The smallest absolute Gasteiger partial charge is 0.323 e. The summed E-state index contributed by atoms with van der Waals surface area (Å²) in [6.07, 6.45) is 1.10. The predicted octanol–water partition coefficient (Wildman–Crippen LogP) is 3.04. The molecule has 2 aromatic rings. The molecule has 0 saturated carbocycles. The number of fused-ring (bicyclic) bond motifs is 1. The number of nitrogens with one attached hydrogen (secondary N) is 1. The van der Waals surface area contributed by atoms with Crippen molar-refractivity contribution in [3.8, 4) is 0 Å². The average molecular weight is 457 g/mol. The Morgan fingerprint density at radius 2 is 1.94 bits per heavy atom. The van der Waals surface area contributed by atoms with Crippen LogP contribution in [0.1, 0.15) is 24.5 Å². The van der Waals surface area contributed by atoms with Crippen LogP contribution < -0.4 is 10.2 Å². The van der Waals surface area contributed by atoms with Crippen LogP contribution in [0.15, 0.2) is 53.4 Å². The van der Waals surface area contributed by atoms with Gasteiger partial charge in [-0.25, -0.2) is 0 Å². The van der Waals surface area contributed by atoms with Crippen LogP contribution in [0.25, 0.3) is 0 Å². The van der Waals surface area contributed by atoms with Crippen molar-refractivity contribution in [1.82, 2.24) is 5.32 Å². The number of benzene rings is 2. The number of hydrogen-bond acceptors (Lipinski definition) is 6. The van der Waals surface area contributed by atoms with Gasteiger partial charge in [-0.2, -0.15) is 0 Å². The normalized spacial score (nSPS) is 16.8. The summed E-state index contributed by atoms with van der Waals surface area (Å²) < 4.78 is 5.25. The lowest BCUT2D eigenvalue weighted by atomic mass is 10.0. The number of amides is 1. The van der Waals surface area contributed by atoms with E-state index in [1.807, 2.05) is 43.3 Å². The van der Waals surface area contributed by atoms with Crippen LogP contribution >= 0.6 is 11.8 Å². The number of carbonyl (C=O) groups is 3. The highest BCUT2D eigenvalue weighted by Gasteiger charge is 2.34. The van der Waals surface area contributed by atoms with Gasteiger partial charge in [-0.05, 0) is 44.4 Å². The summed E-state index contributed by atoms with van der Waals surface area (Å²) in [6.45, 7) is 3.56. The lowest BCUT2D eigenvalue weighted by Crippen LogP contribution is -2.54. The zero-order valence-electron chi connectivity index (χ0n) is 18.2. The molecule has 1 aliphatic rings. The molecule has 1 amide bonds. The van der Waals surface area contributed by atoms with Gasteiger partial charge < -0.3 is 9.84 Å². The fraction of sp³-hybridized carbons (Fsp3) is 0.375. The molecule has 7 nitrogen and oxygen atoms in total. The number of esters is 1. The van der Waals surface area contributed by atoms with E-state index in [1.165, 1.54) is 16.7 Å². The summed E-state index contributed by atoms with van der Waals surface area (Å²) in [4.78, 5) is 39.5. The Hall–Kier alpha value is -2.84. The van der Waals surface area contributed by atoms with E-state index in [0.29, 0.717) is 24.3 Å². The molecule has 1 heterocycles. The maximum absolute atomic E-state index is 13.3. The fourth-order valence-electron chi connectivity index (χ4n) is 3.59. The minimum absolute atomic E-state index is 0.242. The molecule has 2 N–H and O–H groups in total. The summed E-state index contributed by atoms with van der Waals surface area (Å²) in [6, 6.07) is 13.9. The van der Waals surface area contributed by atoms with Crippen LogP contribution in [-0.4, -0.2) is 53.9 Å². The maximum atomic E-state index is 13.3. The number of thioether (sulfide) groups is 1. The first-order valence-electron chi connectivity index (χ1n) is 10.6. The Labute approximate surface area is 192 Å². The Morgan fingerprint density at radius 3 is 2.62 bits per heavy atom. The first-order valence-corrected chi connectivity index (χ1v) is 11.6. The molecule has 0 aromatic heterocycles. The predicted molar refractivity (Wildman–Crippen MR) is 124 cm³/mol. The van der Waals surface area contributed by atoms with Crippen LogP contribution in [0.2, 0.25) is 0 Å². The Bertz CT molecular complexity index is 963. The van der Waals surface area contributed by atoms with Crippen molar-refractivity contribution in [2.45, 2.75) is 43.7 Å². The second-order valence-electron chi connectivity index (χ2n) is 7.65. The fourth-order valence-corrected chi connectivity index (χ4v) is 4.68. The summed E-state index contributed by atoms with van der Waals surface area (Å²) in [5.41, 5.74) is 2.82. The first kappa shape index (κ1) is 23.8. The molecule has 0 fully saturated rings. The largest absolute Gasteiger partial charge is 0.480 e. The molecular weight excluding hydrogens is 428 g/mol. The molecule has 8 heteroatoms. The average Bonchev–Trinajstić information content (AvgIpc) is 2.89. The van der Waals surface area contributed by atoms with Crippen molar-refractivity contribution < 1.29 is 24.2 Å². The quantitative estimate of drug-likeness (QED) is 0.560. The van der Waals surface area contributed by atoms with Crippen LogP contribution in [0.5, 0.6) is 0 Å². The molecule has 170 valence electrons. The van der Waals surface area contributed by atoms with Crippen LogP contribution in [0.4, 0.5) is 5.69 Å². The molecule has 2 atom stereocenters. The highest BCUT2D eigenvalue weighted by Crippen LogP contribution is 2.34. The molecule has 0 saturated heterocycles. The first-order chi connectivity index (χ1) is 15.4. The molecule has 32 heavy (non-hydrogen) atoms. The van der Waals surface area contributed by atoms with Gasteiger partial charge in [0.05, 0.1) is 18.3 Å². The van der Waals surface area contributed by atoms with E-state index in [4.69, 9.17) is 4.74 Å². The third-order valence-corrected chi connectivity index (χ3v) is 6.39. The molecule has 1 unspecified atom stereocenters. The number of carboxylic acid groups (broad SMARTS) is 1. The molecule has 3 rings (SSSR count). The van der Waals surface area contributed by atoms with E-state index >= 15 is 0 Å². The Kier molecular flexibility index (Phi) is 8.30. The van der Waals surface area contributed by atoms with Crippen LogP contribution in [0.3, 0.4) is 0 Å². The number of aryl methyl sites for hydroxylation is 2. The van der Waals surface area contributed by atoms with Crippen molar-refractivity contribution in [2.24, 2.45) is 0 Å². The number of anilines is 1. The second-order valence-corrected chi connectivity index (χ2v) is 8.71. The van der Waals surface area contributed by atoms with E-state index in [0.717, 1.165) is 16.0 Å². The van der Waals surface area contributed by atoms with E-state index in [9.17, 15) is 19.5 Å². The molecule has 0 spiro atoms. The SMILES string of the molecule is CCOC(=O)C(CCc1ccc(C)cc1)N[C@H]1CSc2ccccc2N(CC(=O)O)C1=O. The number of carboxylic acids is 1. The Morgan fingerprint density at radius 1 is 1.22 bits per heavy atom. The van der Waals surface area contributed by atoms with Gasteiger partial charge in [0.1, 0.15) is 12.6 Å². The van der Waals surface area contributed by atoms with Crippen LogP contribution in [-0.2, 0) is 25.5 Å². The minimum Gasteiger partial charge on any atom is -0.480 e. The standard InChI is InChI=1S/C24H28N2O5S/c1-3-31-24(30)18(13-12-17-10-8-16(2)9-11-17)25-19-15-32-21-7-5-4-6-20(21)26(23(19)29)14-22(27)28/h4-11,18-19,25H,3,12-15H2,1-2H3,(H,27,28)/t18?,19-/m0/s1. The van der Waals surface area contributed by atoms with E-state index in [-0.39, 0.29) is 12.5 Å². The van der Waals surface area contributed by atoms with Gasteiger partial charge in [0, 0.05) is 10.6 Å². The molecule has 0 radical (unpaired) electrons. The third kappa shape index (κ3) is 6.11. The Balaban J connectivity index is 1.79. The van der Waals surface area contributed by atoms with Gasteiger partial charge in [-0.3, -0.25) is 24.6 Å². The van der Waals surface area contributed by atoms with Crippen molar-refractivity contribution in [3.63, 3.8) is 0 Å². The van der Waals surface area contributed by atoms with Crippen LogP contribution in [0, 0.1) is 6.92 Å². The van der Waals surface area contributed by atoms with Gasteiger partial charge in [-0.15, -0.1) is 11.8 Å². The van der Waals surface area contributed by atoms with E-state index in [2.05, 4.69) is 5.32 Å². The molecule has 0 bridgehead atoms. The topological polar surface area (TPSA) is 95.9 Å². The second kappa shape index (κ2) is 11.2. The van der Waals surface area contributed by atoms with Gasteiger partial charge >= 0.3 is 11.9 Å². The lowest BCUT2D eigenvalue weighted by Gasteiger charge is -2.27. The summed E-state index contributed by atoms with van der Waals surface area (Å²) in [7, 11) is 0. The zero-order valence-corrected chi connectivity index (χ0v) is 19.1. The number of aliphatic carboxylic acids is 1. The number of para-hydroxylation sites is 1. The number of ether oxygens (including phenoxy) is 1. The number of hydrogen-bond donors (Lipinski definition) is 2.